The number of ether oxygens (including phenoxy) is 1. The number of para-hydroxylation sites is 1. The monoisotopic (exact) mass is 301 g/mol. The molecule has 3 atom stereocenters. The highest BCUT2D eigenvalue weighted by atomic mass is 16.5. The van der Waals surface area contributed by atoms with Gasteiger partial charge in [0.25, 0.3) is 0 Å². The first-order chi connectivity index (χ1) is 10.1. The Bertz CT molecular complexity index is 594. The van der Waals surface area contributed by atoms with Gasteiger partial charge in [-0.05, 0) is 33.3 Å². The lowest BCUT2D eigenvalue weighted by molar-refractivity contribution is -0.136. The van der Waals surface area contributed by atoms with Crippen LogP contribution in [-0.2, 0) is 4.79 Å². The lowest BCUT2D eigenvalue weighted by atomic mass is 9.83. The number of Topliss-reactive ketones (excluding diaryl/α,β-unsaturated/α-hetero) is 1. The number of benzene rings is 1. The molecule has 3 unspecified atom stereocenters. The van der Waals surface area contributed by atoms with E-state index < -0.39 is 0 Å². The number of ketones is 1. The van der Waals surface area contributed by atoms with Gasteiger partial charge in [0.2, 0.25) is 0 Å². The summed E-state index contributed by atoms with van der Waals surface area (Å²) in [4.78, 5) is 15.3. The fraction of sp³-hybridized carbons (Fsp3) is 0.632. The number of carbonyl (C=O) groups excluding carboxylic acids is 1. The molecule has 0 saturated carbocycles. The second-order valence-corrected chi connectivity index (χ2v) is 8.60. The summed E-state index contributed by atoms with van der Waals surface area (Å²) < 4.78 is 6.24. The molecule has 0 aromatic heterocycles. The number of carbonyl (C=O) groups is 1. The lowest BCUT2D eigenvalue weighted by Gasteiger charge is -2.41. The maximum Gasteiger partial charge on any atom is 0.160 e. The van der Waals surface area contributed by atoms with Crippen molar-refractivity contribution in [2.45, 2.75) is 71.7 Å². The predicted molar refractivity (Wildman–Crippen MR) is 88.1 cm³/mol. The number of likely N-dealkylation sites (tertiary alicyclic amines) is 1. The van der Waals surface area contributed by atoms with Crippen LogP contribution in [0.1, 0.15) is 59.4 Å². The molecule has 0 aliphatic carbocycles. The van der Waals surface area contributed by atoms with Gasteiger partial charge in [-0.3, -0.25) is 9.69 Å². The molecule has 1 aromatic rings. The van der Waals surface area contributed by atoms with E-state index in [1.807, 2.05) is 32.9 Å². The first kappa shape index (κ1) is 15.5. The smallest absolute Gasteiger partial charge is 0.160 e. The summed E-state index contributed by atoms with van der Waals surface area (Å²) in [7, 11) is 0. The van der Waals surface area contributed by atoms with Crippen molar-refractivity contribution in [2.75, 3.05) is 0 Å². The largest absolute Gasteiger partial charge is 0.474 e. The van der Waals surface area contributed by atoms with E-state index in [0.717, 1.165) is 12.2 Å². The van der Waals surface area contributed by atoms with Crippen molar-refractivity contribution >= 4 is 5.78 Å². The molecule has 22 heavy (non-hydrogen) atoms. The normalized spacial score (nSPS) is 28.2. The quantitative estimate of drug-likeness (QED) is 0.786. The minimum absolute atomic E-state index is 0.0197. The number of fused-ring (bicyclic) bond motifs is 3. The van der Waals surface area contributed by atoms with Crippen molar-refractivity contribution in [3.63, 3.8) is 0 Å². The Hall–Kier alpha value is -1.35. The third kappa shape index (κ3) is 2.36. The Balaban J connectivity index is 2.00. The van der Waals surface area contributed by atoms with Gasteiger partial charge >= 0.3 is 0 Å². The number of nitrogens with zero attached hydrogens (tertiary/aromatic N) is 1. The zero-order chi connectivity index (χ0) is 16.3. The van der Waals surface area contributed by atoms with Crippen LogP contribution in [0.25, 0.3) is 0 Å². The van der Waals surface area contributed by atoms with Crippen LogP contribution in [0.15, 0.2) is 24.3 Å². The number of hydrogen-bond acceptors (Lipinski definition) is 3. The van der Waals surface area contributed by atoms with Crippen molar-refractivity contribution < 1.29 is 9.53 Å². The Morgan fingerprint density at radius 2 is 1.77 bits per heavy atom. The van der Waals surface area contributed by atoms with Crippen LogP contribution >= 0.6 is 0 Å². The molecule has 0 amide bonds. The molecule has 2 aliphatic heterocycles. The van der Waals surface area contributed by atoms with Gasteiger partial charge in [-0.15, -0.1) is 0 Å². The molecule has 3 nitrogen and oxygen atoms in total. The van der Waals surface area contributed by atoms with Crippen molar-refractivity contribution in [3.8, 4) is 5.75 Å². The Labute approximate surface area is 133 Å². The average Bonchev–Trinajstić information content (AvgIpc) is 2.90. The number of rotatable bonds is 1. The van der Waals surface area contributed by atoms with E-state index in [4.69, 9.17) is 4.74 Å². The molecular formula is C19H27NO2. The highest BCUT2D eigenvalue weighted by Crippen LogP contribution is 2.50. The van der Waals surface area contributed by atoms with Gasteiger partial charge in [0.1, 0.15) is 5.75 Å². The van der Waals surface area contributed by atoms with E-state index in [2.05, 4.69) is 37.8 Å². The summed E-state index contributed by atoms with van der Waals surface area (Å²) in [5, 5.41) is 0. The molecule has 2 heterocycles. The summed E-state index contributed by atoms with van der Waals surface area (Å²) in [6.45, 7) is 12.6. The Morgan fingerprint density at radius 3 is 2.36 bits per heavy atom. The van der Waals surface area contributed by atoms with Gasteiger partial charge in [0.05, 0.1) is 6.04 Å². The van der Waals surface area contributed by atoms with Crippen LogP contribution in [0, 0.1) is 5.41 Å². The van der Waals surface area contributed by atoms with E-state index >= 15 is 0 Å². The zero-order valence-electron chi connectivity index (χ0n) is 14.5. The highest BCUT2D eigenvalue weighted by molar-refractivity contribution is 5.89. The molecular weight excluding hydrogens is 274 g/mol. The van der Waals surface area contributed by atoms with Crippen LogP contribution in [0.2, 0.25) is 0 Å². The van der Waals surface area contributed by atoms with Gasteiger partial charge < -0.3 is 4.74 Å². The maximum atomic E-state index is 13.0. The molecule has 1 saturated heterocycles. The molecule has 0 radical (unpaired) electrons. The van der Waals surface area contributed by atoms with E-state index in [9.17, 15) is 4.79 Å². The Kier molecular flexibility index (Phi) is 3.41. The molecule has 0 N–H and O–H groups in total. The molecule has 1 fully saturated rings. The standard InChI is InChI=1S/C19H27NO2/c1-18(2,3)16(21)14-11-13-12-9-7-8-10-15(12)22-17(13)20(14)19(4,5)6/h7-10,13-14,17H,11H2,1-6H3. The summed E-state index contributed by atoms with van der Waals surface area (Å²) in [6, 6.07) is 8.19. The van der Waals surface area contributed by atoms with E-state index in [1.54, 1.807) is 0 Å². The third-order valence-electron chi connectivity index (χ3n) is 4.81. The summed E-state index contributed by atoms with van der Waals surface area (Å²) >= 11 is 0. The van der Waals surface area contributed by atoms with Gasteiger partial charge in [-0.2, -0.15) is 0 Å². The molecule has 3 heteroatoms. The van der Waals surface area contributed by atoms with Gasteiger partial charge in [0, 0.05) is 22.4 Å². The van der Waals surface area contributed by atoms with Crippen LogP contribution in [-0.4, -0.2) is 28.5 Å². The topological polar surface area (TPSA) is 29.5 Å². The number of hydrogen-bond donors (Lipinski definition) is 0. The van der Waals surface area contributed by atoms with Crippen LogP contribution in [0.5, 0.6) is 5.75 Å². The van der Waals surface area contributed by atoms with Crippen molar-refractivity contribution in [3.05, 3.63) is 29.8 Å². The first-order valence-corrected chi connectivity index (χ1v) is 8.19. The SMILES string of the molecule is CC(C)(C)C(=O)C1CC2c3ccccc3OC2N1C(C)(C)C. The zero-order valence-corrected chi connectivity index (χ0v) is 14.5. The van der Waals surface area contributed by atoms with Crippen molar-refractivity contribution in [1.29, 1.82) is 0 Å². The van der Waals surface area contributed by atoms with Crippen LogP contribution < -0.4 is 4.74 Å². The van der Waals surface area contributed by atoms with Crippen LogP contribution in [0.3, 0.4) is 0 Å². The summed E-state index contributed by atoms with van der Waals surface area (Å²) in [5.74, 6) is 1.60. The highest BCUT2D eigenvalue weighted by Gasteiger charge is 2.54. The molecule has 0 bridgehead atoms. The van der Waals surface area contributed by atoms with Gasteiger partial charge in [0.15, 0.2) is 12.0 Å². The molecule has 0 spiro atoms. The van der Waals surface area contributed by atoms with E-state index in [-0.39, 0.29) is 23.2 Å². The van der Waals surface area contributed by atoms with Crippen LogP contribution in [0.4, 0.5) is 0 Å². The Morgan fingerprint density at radius 1 is 1.14 bits per heavy atom. The van der Waals surface area contributed by atoms with Gasteiger partial charge in [-0.1, -0.05) is 39.0 Å². The molecule has 1 aromatic carbocycles. The lowest BCUT2D eigenvalue weighted by Crippen LogP contribution is -2.55. The second-order valence-electron chi connectivity index (χ2n) is 8.60. The van der Waals surface area contributed by atoms with E-state index in [1.165, 1.54) is 5.56 Å². The second kappa shape index (κ2) is 4.82. The minimum Gasteiger partial charge on any atom is -0.474 e. The molecule has 120 valence electrons. The minimum atomic E-state index is -0.327. The summed E-state index contributed by atoms with van der Waals surface area (Å²) in [6.07, 6.45) is 0.836. The van der Waals surface area contributed by atoms with E-state index in [0.29, 0.717) is 11.7 Å². The molecule has 3 rings (SSSR count). The fourth-order valence-electron chi connectivity index (χ4n) is 3.87. The average molecular weight is 301 g/mol. The summed E-state index contributed by atoms with van der Waals surface area (Å²) in [5.41, 5.74) is 0.824. The predicted octanol–water partition coefficient (Wildman–Crippen LogP) is 3.98. The van der Waals surface area contributed by atoms with Crippen molar-refractivity contribution in [2.24, 2.45) is 5.41 Å². The maximum absolute atomic E-state index is 13.0. The van der Waals surface area contributed by atoms with Gasteiger partial charge in [-0.25, -0.2) is 0 Å². The third-order valence-corrected chi connectivity index (χ3v) is 4.81. The fourth-order valence-corrected chi connectivity index (χ4v) is 3.87. The van der Waals surface area contributed by atoms with Crippen molar-refractivity contribution in [1.82, 2.24) is 4.90 Å². The first-order valence-electron chi connectivity index (χ1n) is 8.19. The molecule has 2 aliphatic rings.